The Kier molecular flexibility index (Phi) is 4.76. The van der Waals surface area contributed by atoms with Gasteiger partial charge in [-0.1, -0.05) is 6.07 Å². The Morgan fingerprint density at radius 1 is 1.14 bits per heavy atom. The smallest absolute Gasteiger partial charge is 0.269 e. The maximum Gasteiger partial charge on any atom is 0.269 e. The third-order valence-corrected chi connectivity index (χ3v) is 4.52. The molecule has 0 aliphatic carbocycles. The van der Waals surface area contributed by atoms with Crippen LogP contribution in [0.1, 0.15) is 16.3 Å². The van der Waals surface area contributed by atoms with Gasteiger partial charge >= 0.3 is 0 Å². The zero-order valence-corrected chi connectivity index (χ0v) is 15.7. The Balaban J connectivity index is 1.42. The van der Waals surface area contributed by atoms with E-state index in [4.69, 9.17) is 4.74 Å². The minimum absolute atomic E-state index is 0.177. The first kappa shape index (κ1) is 17.7. The van der Waals surface area contributed by atoms with Crippen molar-refractivity contribution in [2.75, 3.05) is 13.7 Å². The molecule has 142 valence electrons. The number of aryl methyl sites for hydroxylation is 1. The molecular formula is C20H20N6O2. The van der Waals surface area contributed by atoms with Gasteiger partial charge in [-0.15, -0.1) is 10.2 Å². The predicted octanol–water partition coefficient (Wildman–Crippen LogP) is 2.11. The Bertz CT molecular complexity index is 1110. The van der Waals surface area contributed by atoms with E-state index in [1.807, 2.05) is 53.1 Å². The Morgan fingerprint density at radius 2 is 1.96 bits per heavy atom. The number of fused-ring (bicyclic) bond motifs is 1. The number of hydrogen-bond donors (Lipinski definition) is 1. The first-order chi connectivity index (χ1) is 13.7. The topological polar surface area (TPSA) is 86.3 Å². The molecule has 4 aromatic rings. The highest BCUT2D eigenvalue weighted by molar-refractivity contribution is 5.93. The molecule has 0 aliphatic heterocycles. The summed E-state index contributed by atoms with van der Waals surface area (Å²) >= 11 is 0. The molecule has 0 saturated carbocycles. The van der Waals surface area contributed by atoms with Crippen LogP contribution in [0.5, 0.6) is 5.75 Å². The number of hydrogen-bond acceptors (Lipinski definition) is 5. The molecule has 0 spiro atoms. The van der Waals surface area contributed by atoms with Gasteiger partial charge in [0.25, 0.3) is 5.91 Å². The fourth-order valence-electron chi connectivity index (χ4n) is 3.02. The predicted molar refractivity (Wildman–Crippen MR) is 104 cm³/mol. The number of carbonyl (C=O) groups is 1. The summed E-state index contributed by atoms with van der Waals surface area (Å²) in [6.07, 6.45) is 2.49. The third-order valence-electron chi connectivity index (χ3n) is 4.52. The van der Waals surface area contributed by atoms with E-state index in [1.165, 1.54) is 0 Å². The average Bonchev–Trinajstić information content (AvgIpc) is 3.32. The fourth-order valence-corrected chi connectivity index (χ4v) is 3.02. The van der Waals surface area contributed by atoms with Crippen LogP contribution in [0.4, 0.5) is 0 Å². The van der Waals surface area contributed by atoms with Crippen LogP contribution in [0.15, 0.2) is 54.7 Å². The van der Waals surface area contributed by atoms with Crippen molar-refractivity contribution in [1.82, 2.24) is 29.7 Å². The summed E-state index contributed by atoms with van der Waals surface area (Å²) in [6.45, 7) is 0.456. The molecule has 8 heteroatoms. The number of ether oxygens (including phenoxy) is 1. The quantitative estimate of drug-likeness (QED) is 0.557. The Labute approximate surface area is 161 Å². The summed E-state index contributed by atoms with van der Waals surface area (Å²) in [5, 5.41) is 15.7. The van der Waals surface area contributed by atoms with Gasteiger partial charge in [-0.3, -0.25) is 13.9 Å². The van der Waals surface area contributed by atoms with E-state index in [9.17, 15) is 4.79 Å². The highest BCUT2D eigenvalue weighted by Crippen LogP contribution is 2.22. The van der Waals surface area contributed by atoms with Crippen molar-refractivity contribution in [1.29, 1.82) is 0 Å². The molecule has 0 radical (unpaired) electrons. The van der Waals surface area contributed by atoms with Crippen molar-refractivity contribution in [3.8, 4) is 17.0 Å². The maximum absolute atomic E-state index is 12.6. The monoisotopic (exact) mass is 376 g/mol. The molecule has 28 heavy (non-hydrogen) atoms. The molecule has 4 rings (SSSR count). The second-order valence-electron chi connectivity index (χ2n) is 6.32. The highest BCUT2D eigenvalue weighted by Gasteiger charge is 2.14. The highest BCUT2D eigenvalue weighted by atomic mass is 16.5. The average molecular weight is 376 g/mol. The van der Waals surface area contributed by atoms with Crippen LogP contribution >= 0.6 is 0 Å². The van der Waals surface area contributed by atoms with Crippen molar-refractivity contribution in [2.24, 2.45) is 7.05 Å². The molecule has 1 amide bonds. The van der Waals surface area contributed by atoms with Crippen molar-refractivity contribution < 1.29 is 9.53 Å². The van der Waals surface area contributed by atoms with Gasteiger partial charge in [0.2, 0.25) is 0 Å². The molecule has 0 bridgehead atoms. The number of nitrogens with one attached hydrogen (secondary N) is 1. The summed E-state index contributed by atoms with van der Waals surface area (Å²) in [6, 6.07) is 15.1. The summed E-state index contributed by atoms with van der Waals surface area (Å²) in [4.78, 5) is 12.6. The lowest BCUT2D eigenvalue weighted by atomic mass is 10.1. The van der Waals surface area contributed by atoms with Gasteiger partial charge in [0.15, 0.2) is 5.65 Å². The fraction of sp³-hybridized carbons (Fsp3) is 0.200. The molecule has 8 nitrogen and oxygen atoms in total. The summed E-state index contributed by atoms with van der Waals surface area (Å²) in [5.74, 6) is 1.40. The van der Waals surface area contributed by atoms with Crippen molar-refractivity contribution in [3.63, 3.8) is 0 Å². The van der Waals surface area contributed by atoms with E-state index >= 15 is 0 Å². The SMILES string of the molecule is COc1ccc(-c2cc(C(=O)NCCc3nnc4ccccn34)n(C)n2)cc1. The first-order valence-corrected chi connectivity index (χ1v) is 8.91. The minimum Gasteiger partial charge on any atom is -0.497 e. The molecule has 3 aromatic heterocycles. The first-order valence-electron chi connectivity index (χ1n) is 8.91. The van der Waals surface area contributed by atoms with Gasteiger partial charge < -0.3 is 10.1 Å². The van der Waals surface area contributed by atoms with Crippen molar-refractivity contribution in [2.45, 2.75) is 6.42 Å². The minimum atomic E-state index is -0.177. The maximum atomic E-state index is 12.6. The molecule has 0 unspecified atom stereocenters. The number of methoxy groups -OCH3 is 1. The van der Waals surface area contributed by atoms with Gasteiger partial charge in [0.05, 0.1) is 12.8 Å². The molecular weight excluding hydrogens is 356 g/mol. The van der Waals surface area contributed by atoms with Gasteiger partial charge in [-0.2, -0.15) is 5.10 Å². The standard InChI is InChI=1S/C20H20N6O2/c1-25-17(13-16(24-25)14-6-8-15(28-2)9-7-14)20(27)21-11-10-19-23-22-18-5-3-4-12-26(18)19/h3-9,12-13H,10-11H2,1-2H3,(H,21,27). The number of nitrogens with zero attached hydrogens (tertiary/aromatic N) is 5. The second kappa shape index (κ2) is 7.51. The third kappa shape index (κ3) is 3.44. The van der Waals surface area contributed by atoms with E-state index in [0.29, 0.717) is 18.7 Å². The number of rotatable bonds is 6. The number of pyridine rings is 1. The van der Waals surface area contributed by atoms with E-state index < -0.39 is 0 Å². The summed E-state index contributed by atoms with van der Waals surface area (Å²) < 4.78 is 8.67. The van der Waals surface area contributed by atoms with Crippen molar-refractivity contribution in [3.05, 3.63) is 66.2 Å². The molecule has 1 N–H and O–H groups in total. The molecule has 3 heterocycles. The largest absolute Gasteiger partial charge is 0.497 e. The van der Waals surface area contributed by atoms with Crippen LogP contribution in [0.3, 0.4) is 0 Å². The molecule has 0 aliphatic rings. The van der Waals surface area contributed by atoms with Gasteiger partial charge in [-0.25, -0.2) is 0 Å². The van der Waals surface area contributed by atoms with Crippen LogP contribution in [-0.4, -0.2) is 43.9 Å². The molecule has 0 saturated heterocycles. The van der Waals surface area contributed by atoms with E-state index in [1.54, 1.807) is 24.9 Å². The Hall–Kier alpha value is -3.68. The summed E-state index contributed by atoms with van der Waals surface area (Å²) in [5.41, 5.74) is 2.95. The number of aromatic nitrogens is 5. The van der Waals surface area contributed by atoms with E-state index in [0.717, 1.165) is 28.5 Å². The van der Waals surface area contributed by atoms with Gasteiger partial charge in [-0.05, 0) is 42.5 Å². The molecule has 0 fully saturated rings. The van der Waals surface area contributed by atoms with Crippen LogP contribution in [0.2, 0.25) is 0 Å². The van der Waals surface area contributed by atoms with Gasteiger partial charge in [0.1, 0.15) is 17.3 Å². The van der Waals surface area contributed by atoms with Crippen LogP contribution in [0, 0.1) is 0 Å². The lowest BCUT2D eigenvalue weighted by Gasteiger charge is -2.04. The zero-order valence-electron chi connectivity index (χ0n) is 15.7. The normalized spacial score (nSPS) is 10.9. The molecule has 0 atom stereocenters. The van der Waals surface area contributed by atoms with E-state index in [2.05, 4.69) is 20.6 Å². The second-order valence-corrected chi connectivity index (χ2v) is 6.32. The number of carbonyl (C=O) groups excluding carboxylic acids is 1. The lowest BCUT2D eigenvalue weighted by molar-refractivity contribution is 0.0944. The van der Waals surface area contributed by atoms with E-state index in [-0.39, 0.29) is 5.91 Å². The van der Waals surface area contributed by atoms with Crippen LogP contribution < -0.4 is 10.1 Å². The van der Waals surface area contributed by atoms with Crippen LogP contribution in [0.25, 0.3) is 16.9 Å². The zero-order chi connectivity index (χ0) is 19.5. The number of amides is 1. The Morgan fingerprint density at radius 3 is 2.75 bits per heavy atom. The van der Waals surface area contributed by atoms with Crippen molar-refractivity contribution >= 4 is 11.6 Å². The molecule has 1 aromatic carbocycles. The number of benzene rings is 1. The van der Waals surface area contributed by atoms with Gasteiger partial charge in [0, 0.05) is 31.8 Å². The lowest BCUT2D eigenvalue weighted by Crippen LogP contribution is -2.28. The summed E-state index contributed by atoms with van der Waals surface area (Å²) in [7, 11) is 3.38. The van der Waals surface area contributed by atoms with Crippen LogP contribution in [-0.2, 0) is 13.5 Å².